The molecule has 1 fully saturated rings. The molecule has 1 aliphatic rings. The average Bonchev–Trinajstić information content (AvgIpc) is 2.56. The molecule has 0 amide bonds. The van der Waals surface area contributed by atoms with E-state index in [-0.39, 0.29) is 24.4 Å². The number of nitrogens with zero attached hydrogens (tertiary/aromatic N) is 1. The Morgan fingerprint density at radius 3 is 2.48 bits per heavy atom. The van der Waals surface area contributed by atoms with E-state index in [1.165, 1.54) is 5.56 Å². The molecular formula is C16H25BN2O2. The van der Waals surface area contributed by atoms with Crippen molar-refractivity contribution < 1.29 is 9.31 Å². The summed E-state index contributed by atoms with van der Waals surface area (Å²) < 4.78 is 11.9. The van der Waals surface area contributed by atoms with Crippen molar-refractivity contribution in [2.45, 2.75) is 58.3 Å². The highest BCUT2D eigenvalue weighted by molar-refractivity contribution is 6.52. The van der Waals surface area contributed by atoms with Crippen molar-refractivity contribution >= 4 is 13.2 Å². The summed E-state index contributed by atoms with van der Waals surface area (Å²) in [6.07, 6.45) is 6.47. The van der Waals surface area contributed by atoms with E-state index in [1.807, 2.05) is 58.9 Å². The molecule has 1 atom stereocenters. The second kappa shape index (κ2) is 5.91. The predicted octanol–water partition coefficient (Wildman–Crippen LogP) is 2.62. The van der Waals surface area contributed by atoms with E-state index in [9.17, 15) is 0 Å². The van der Waals surface area contributed by atoms with Crippen LogP contribution in [0, 0.1) is 0 Å². The molecular weight excluding hydrogens is 263 g/mol. The largest absolute Gasteiger partial charge is 0.487 e. The van der Waals surface area contributed by atoms with Gasteiger partial charge in [-0.05, 0) is 58.2 Å². The first-order valence-electron chi connectivity index (χ1n) is 7.43. The van der Waals surface area contributed by atoms with E-state index in [2.05, 4.69) is 4.98 Å². The maximum Gasteiger partial charge on any atom is 0.487 e. The minimum atomic E-state index is -0.335. The molecule has 114 valence electrons. The van der Waals surface area contributed by atoms with Crippen LogP contribution in [0.25, 0.3) is 6.08 Å². The van der Waals surface area contributed by atoms with Crippen molar-refractivity contribution in [3.8, 4) is 0 Å². The van der Waals surface area contributed by atoms with Crippen LogP contribution in [0.5, 0.6) is 0 Å². The van der Waals surface area contributed by atoms with Gasteiger partial charge in [0.15, 0.2) is 0 Å². The van der Waals surface area contributed by atoms with E-state index in [4.69, 9.17) is 15.0 Å². The van der Waals surface area contributed by atoms with Gasteiger partial charge in [-0.1, -0.05) is 12.1 Å². The first-order valence-corrected chi connectivity index (χ1v) is 7.43. The fourth-order valence-corrected chi connectivity index (χ4v) is 2.27. The summed E-state index contributed by atoms with van der Waals surface area (Å²) in [7, 11) is -0.335. The van der Waals surface area contributed by atoms with Gasteiger partial charge in [0, 0.05) is 18.4 Å². The predicted molar refractivity (Wildman–Crippen MR) is 86.7 cm³/mol. The molecule has 2 N–H and O–H groups in total. The molecule has 1 aromatic heterocycles. The molecule has 4 nitrogen and oxygen atoms in total. The van der Waals surface area contributed by atoms with Crippen LogP contribution >= 0.6 is 0 Å². The molecule has 0 aromatic carbocycles. The zero-order chi connectivity index (χ0) is 15.7. The molecule has 0 aliphatic carbocycles. The Morgan fingerprint density at radius 2 is 1.90 bits per heavy atom. The zero-order valence-corrected chi connectivity index (χ0v) is 13.6. The lowest BCUT2D eigenvalue weighted by atomic mass is 9.88. The topological polar surface area (TPSA) is 57.4 Å². The quantitative estimate of drug-likeness (QED) is 0.865. The Hall–Kier alpha value is -1.17. The van der Waals surface area contributed by atoms with Crippen molar-refractivity contribution in [1.29, 1.82) is 0 Å². The van der Waals surface area contributed by atoms with Crippen LogP contribution in [0.1, 0.15) is 45.7 Å². The van der Waals surface area contributed by atoms with Crippen LogP contribution in [0.3, 0.4) is 0 Å². The maximum absolute atomic E-state index is 5.95. The molecule has 1 saturated heterocycles. The minimum Gasteiger partial charge on any atom is -0.400 e. The first kappa shape index (κ1) is 16.2. The molecule has 2 rings (SSSR count). The summed E-state index contributed by atoms with van der Waals surface area (Å²) in [4.78, 5) is 4.18. The standard InChI is InChI=1S/C16H25BN2O2/c1-12(18)10-13-7-9-19-11-14(13)6-8-17-20-15(2,3)16(4,5)21-17/h6-9,11-12H,10,18H2,1-5H3/b8-6+. The average molecular weight is 288 g/mol. The first-order chi connectivity index (χ1) is 9.71. The van der Waals surface area contributed by atoms with Gasteiger partial charge in [-0.3, -0.25) is 4.98 Å². The van der Waals surface area contributed by atoms with Crippen LogP contribution in [0.2, 0.25) is 0 Å². The highest BCUT2D eigenvalue weighted by Crippen LogP contribution is 2.37. The third-order valence-electron chi connectivity index (χ3n) is 4.19. The molecule has 5 heteroatoms. The number of hydrogen-bond donors (Lipinski definition) is 1. The number of hydrogen-bond acceptors (Lipinski definition) is 4. The fraction of sp³-hybridized carbons (Fsp3) is 0.562. The van der Waals surface area contributed by atoms with Gasteiger partial charge in [-0.25, -0.2) is 0 Å². The summed E-state index contributed by atoms with van der Waals surface area (Å²) in [5, 5.41) is 0. The zero-order valence-electron chi connectivity index (χ0n) is 13.6. The lowest BCUT2D eigenvalue weighted by Crippen LogP contribution is -2.41. The van der Waals surface area contributed by atoms with Gasteiger partial charge < -0.3 is 15.0 Å². The highest BCUT2D eigenvalue weighted by atomic mass is 16.7. The Labute approximate surface area is 127 Å². The van der Waals surface area contributed by atoms with Crippen LogP contribution in [-0.2, 0) is 15.7 Å². The Kier molecular flexibility index (Phi) is 4.56. The molecule has 21 heavy (non-hydrogen) atoms. The van der Waals surface area contributed by atoms with Crippen molar-refractivity contribution in [2.24, 2.45) is 5.73 Å². The van der Waals surface area contributed by atoms with Crippen molar-refractivity contribution in [1.82, 2.24) is 4.98 Å². The molecule has 0 bridgehead atoms. The second-order valence-corrected chi connectivity index (χ2v) is 6.74. The van der Waals surface area contributed by atoms with E-state index in [1.54, 1.807) is 6.20 Å². The van der Waals surface area contributed by atoms with Gasteiger partial charge in [0.2, 0.25) is 0 Å². The summed E-state index contributed by atoms with van der Waals surface area (Å²) >= 11 is 0. The molecule has 0 spiro atoms. The lowest BCUT2D eigenvalue weighted by Gasteiger charge is -2.32. The van der Waals surface area contributed by atoms with Gasteiger partial charge in [0.25, 0.3) is 0 Å². The van der Waals surface area contributed by atoms with Gasteiger partial charge in [-0.15, -0.1) is 0 Å². The van der Waals surface area contributed by atoms with Crippen LogP contribution < -0.4 is 5.73 Å². The normalized spacial score (nSPS) is 21.9. The molecule has 0 radical (unpaired) electrons. The summed E-state index contributed by atoms with van der Waals surface area (Å²) in [6, 6.07) is 2.13. The van der Waals surface area contributed by atoms with Gasteiger partial charge in [-0.2, -0.15) is 0 Å². The lowest BCUT2D eigenvalue weighted by molar-refractivity contribution is 0.00578. The Morgan fingerprint density at radius 1 is 1.29 bits per heavy atom. The third-order valence-corrected chi connectivity index (χ3v) is 4.19. The van der Waals surface area contributed by atoms with Gasteiger partial charge >= 0.3 is 7.12 Å². The Bertz CT molecular complexity index is 511. The smallest absolute Gasteiger partial charge is 0.400 e. The number of pyridine rings is 1. The van der Waals surface area contributed by atoms with Crippen LogP contribution in [0.15, 0.2) is 24.4 Å². The molecule has 1 unspecified atom stereocenters. The van der Waals surface area contributed by atoms with Crippen molar-refractivity contribution in [2.75, 3.05) is 0 Å². The van der Waals surface area contributed by atoms with E-state index < -0.39 is 0 Å². The van der Waals surface area contributed by atoms with E-state index >= 15 is 0 Å². The number of aromatic nitrogens is 1. The summed E-state index contributed by atoms with van der Waals surface area (Å²) in [5.41, 5.74) is 7.51. The van der Waals surface area contributed by atoms with E-state index in [0.29, 0.717) is 0 Å². The maximum atomic E-state index is 5.95. The van der Waals surface area contributed by atoms with Gasteiger partial charge in [0.05, 0.1) is 11.2 Å². The molecule has 0 saturated carbocycles. The molecule has 1 aromatic rings. The van der Waals surface area contributed by atoms with Crippen LogP contribution in [-0.4, -0.2) is 29.3 Å². The minimum absolute atomic E-state index is 0.122. The monoisotopic (exact) mass is 288 g/mol. The van der Waals surface area contributed by atoms with E-state index in [0.717, 1.165) is 12.0 Å². The summed E-state index contributed by atoms with van der Waals surface area (Å²) in [6.45, 7) is 10.2. The Balaban J connectivity index is 2.13. The number of nitrogens with two attached hydrogens (primary N) is 1. The molecule has 1 aliphatic heterocycles. The van der Waals surface area contributed by atoms with Crippen molar-refractivity contribution in [3.63, 3.8) is 0 Å². The second-order valence-electron chi connectivity index (χ2n) is 6.74. The summed E-state index contributed by atoms with van der Waals surface area (Å²) in [5.74, 6) is 1.94. The van der Waals surface area contributed by atoms with Gasteiger partial charge in [0.1, 0.15) is 0 Å². The fourth-order valence-electron chi connectivity index (χ4n) is 2.27. The van der Waals surface area contributed by atoms with Crippen LogP contribution in [0.4, 0.5) is 0 Å². The highest BCUT2D eigenvalue weighted by Gasteiger charge is 2.49. The third kappa shape index (κ3) is 3.73. The SMILES string of the molecule is CC(N)Cc1ccncc1/C=C/B1OC(C)(C)C(C)(C)O1. The van der Waals surface area contributed by atoms with Crippen molar-refractivity contribution in [3.05, 3.63) is 35.6 Å². The number of rotatable bonds is 4. The molecule has 2 heterocycles.